The number of ether oxygens (including phenoxy) is 2. The fraction of sp³-hybridized carbons (Fsp3) is 0.462. The van der Waals surface area contributed by atoms with E-state index in [1.54, 1.807) is 0 Å². The van der Waals surface area contributed by atoms with Crippen molar-refractivity contribution in [3.8, 4) is 5.75 Å². The summed E-state index contributed by atoms with van der Waals surface area (Å²) in [7, 11) is 0. The first kappa shape index (κ1) is 16.1. The number of hydrogen-bond acceptors (Lipinski definition) is 3. The fourth-order valence-electron chi connectivity index (χ4n) is 1.36. The monoisotopic (exact) mass is 306 g/mol. The summed E-state index contributed by atoms with van der Waals surface area (Å²) in [5.74, 6) is -1.03. The van der Waals surface area contributed by atoms with Crippen LogP contribution in [-0.2, 0) is 4.74 Å². The minimum absolute atomic E-state index is 0.0618. The van der Waals surface area contributed by atoms with Crippen LogP contribution in [0.5, 0.6) is 5.75 Å². The third-order valence-electron chi connectivity index (χ3n) is 2.10. The molecule has 1 aromatic carbocycles. The second kappa shape index (κ2) is 6.46. The maximum Gasteiger partial charge on any atom is 0.339 e. The molecule has 0 radical (unpaired) electrons. The van der Waals surface area contributed by atoms with Crippen molar-refractivity contribution in [1.82, 2.24) is 0 Å². The van der Waals surface area contributed by atoms with Crippen molar-refractivity contribution < 1.29 is 19.4 Å². The summed E-state index contributed by atoms with van der Waals surface area (Å²) in [6.07, 6.45) is 0. The second-order valence-electron chi connectivity index (χ2n) is 4.88. The highest BCUT2D eigenvalue weighted by atomic mass is 35.5. The lowest BCUT2D eigenvalue weighted by molar-refractivity contribution is -0.0164. The maximum absolute atomic E-state index is 11.1. The van der Waals surface area contributed by atoms with Gasteiger partial charge in [-0.25, -0.2) is 4.79 Å². The summed E-state index contributed by atoms with van der Waals surface area (Å²) in [6, 6.07) is 2.74. The van der Waals surface area contributed by atoms with Crippen molar-refractivity contribution in [2.75, 3.05) is 13.2 Å². The van der Waals surface area contributed by atoms with E-state index >= 15 is 0 Å². The van der Waals surface area contributed by atoms with Crippen molar-refractivity contribution in [1.29, 1.82) is 0 Å². The first-order valence-electron chi connectivity index (χ1n) is 5.70. The molecule has 4 nitrogen and oxygen atoms in total. The highest BCUT2D eigenvalue weighted by Crippen LogP contribution is 2.32. The Hall–Kier alpha value is -0.970. The predicted octanol–water partition coefficient (Wildman–Crippen LogP) is 3.89. The molecule has 0 spiro atoms. The molecule has 106 valence electrons. The van der Waals surface area contributed by atoms with E-state index < -0.39 is 5.97 Å². The van der Waals surface area contributed by atoms with Gasteiger partial charge in [-0.15, -0.1) is 0 Å². The van der Waals surface area contributed by atoms with Crippen LogP contribution in [0.1, 0.15) is 31.1 Å². The normalized spacial score (nSPS) is 11.4. The van der Waals surface area contributed by atoms with Gasteiger partial charge in [-0.2, -0.15) is 0 Å². The van der Waals surface area contributed by atoms with Crippen molar-refractivity contribution >= 4 is 29.2 Å². The van der Waals surface area contributed by atoms with Crippen LogP contribution in [0.4, 0.5) is 0 Å². The van der Waals surface area contributed by atoms with E-state index in [1.807, 2.05) is 20.8 Å². The van der Waals surface area contributed by atoms with Gasteiger partial charge in [-0.3, -0.25) is 0 Å². The molecule has 0 heterocycles. The van der Waals surface area contributed by atoms with Gasteiger partial charge in [0.2, 0.25) is 0 Å². The molecule has 0 aliphatic heterocycles. The Balaban J connectivity index is 2.75. The largest absolute Gasteiger partial charge is 0.489 e. The topological polar surface area (TPSA) is 55.8 Å². The molecule has 1 rings (SSSR count). The molecule has 0 unspecified atom stereocenters. The van der Waals surface area contributed by atoms with Gasteiger partial charge in [0.25, 0.3) is 0 Å². The molecule has 0 saturated carbocycles. The summed E-state index contributed by atoms with van der Waals surface area (Å²) in [4.78, 5) is 11.1. The van der Waals surface area contributed by atoms with E-state index in [9.17, 15) is 4.79 Å². The molecule has 0 fully saturated rings. The molecule has 0 bridgehead atoms. The minimum Gasteiger partial charge on any atom is -0.489 e. The van der Waals surface area contributed by atoms with Crippen molar-refractivity contribution in [2.24, 2.45) is 0 Å². The number of carboxylic acid groups (broad SMARTS) is 1. The van der Waals surface area contributed by atoms with Crippen molar-refractivity contribution in [2.45, 2.75) is 26.4 Å². The average Bonchev–Trinajstić information content (AvgIpc) is 2.24. The lowest BCUT2D eigenvalue weighted by atomic mass is 10.2. The van der Waals surface area contributed by atoms with E-state index in [-0.39, 0.29) is 33.6 Å². The molecule has 0 aliphatic carbocycles. The van der Waals surface area contributed by atoms with Gasteiger partial charge in [0.05, 0.1) is 17.2 Å². The van der Waals surface area contributed by atoms with Crippen molar-refractivity contribution in [3.05, 3.63) is 27.7 Å². The number of hydrogen-bond donors (Lipinski definition) is 1. The molecule has 0 amide bonds. The molecule has 0 atom stereocenters. The molecule has 1 N–H and O–H groups in total. The maximum atomic E-state index is 11.1. The highest BCUT2D eigenvalue weighted by molar-refractivity contribution is 6.36. The van der Waals surface area contributed by atoms with Crippen LogP contribution in [0.2, 0.25) is 10.0 Å². The van der Waals surface area contributed by atoms with Gasteiger partial charge in [0.15, 0.2) is 5.75 Å². The summed E-state index contributed by atoms with van der Waals surface area (Å²) >= 11 is 11.7. The molecule has 0 saturated heterocycles. The summed E-state index contributed by atoms with van der Waals surface area (Å²) in [6.45, 7) is 6.31. The van der Waals surface area contributed by atoms with Gasteiger partial charge < -0.3 is 14.6 Å². The average molecular weight is 307 g/mol. The Labute approximate surface area is 122 Å². The molecule has 6 heteroatoms. The Morgan fingerprint density at radius 2 is 1.89 bits per heavy atom. The zero-order valence-electron chi connectivity index (χ0n) is 11.0. The van der Waals surface area contributed by atoms with Gasteiger partial charge in [-0.1, -0.05) is 23.2 Å². The van der Waals surface area contributed by atoms with Crippen LogP contribution in [0, 0.1) is 0 Å². The number of rotatable bonds is 5. The minimum atomic E-state index is -1.14. The van der Waals surface area contributed by atoms with Crippen LogP contribution in [0.15, 0.2) is 12.1 Å². The second-order valence-corrected chi connectivity index (χ2v) is 5.72. The van der Waals surface area contributed by atoms with Gasteiger partial charge >= 0.3 is 5.97 Å². The van der Waals surface area contributed by atoms with Gasteiger partial charge in [-0.05, 0) is 32.9 Å². The number of carboxylic acids is 1. The predicted molar refractivity (Wildman–Crippen MR) is 74.6 cm³/mol. The van der Waals surface area contributed by atoms with E-state index in [1.165, 1.54) is 12.1 Å². The summed E-state index contributed by atoms with van der Waals surface area (Å²) in [5, 5.41) is 9.49. The lowest BCUT2D eigenvalue weighted by Crippen LogP contribution is -2.22. The standard InChI is InChI=1S/C13H16Cl2O4/c1-13(2,3)19-5-4-18-11-9(12(16)17)6-8(14)7-10(11)15/h6-7H,4-5H2,1-3H3,(H,16,17). The Bertz CT molecular complexity index is 466. The van der Waals surface area contributed by atoms with Crippen LogP contribution in [-0.4, -0.2) is 29.9 Å². The third kappa shape index (κ3) is 5.27. The van der Waals surface area contributed by atoms with Crippen LogP contribution >= 0.6 is 23.2 Å². The number of benzene rings is 1. The first-order chi connectivity index (χ1) is 8.70. The van der Waals surface area contributed by atoms with E-state index in [0.29, 0.717) is 6.61 Å². The molecule has 0 aromatic heterocycles. The van der Waals surface area contributed by atoms with E-state index in [0.717, 1.165) is 0 Å². The van der Waals surface area contributed by atoms with Gasteiger partial charge in [0, 0.05) is 5.02 Å². The van der Waals surface area contributed by atoms with Crippen LogP contribution < -0.4 is 4.74 Å². The Kier molecular flexibility index (Phi) is 5.47. The number of halogens is 2. The lowest BCUT2D eigenvalue weighted by Gasteiger charge is -2.20. The Morgan fingerprint density at radius 1 is 1.26 bits per heavy atom. The van der Waals surface area contributed by atoms with E-state index in [2.05, 4.69) is 0 Å². The number of carbonyl (C=O) groups is 1. The SMILES string of the molecule is CC(C)(C)OCCOc1c(Cl)cc(Cl)cc1C(=O)O. The molecule has 19 heavy (non-hydrogen) atoms. The number of aromatic carboxylic acids is 1. The summed E-state index contributed by atoms with van der Waals surface area (Å²) in [5.41, 5.74) is -0.337. The molecular formula is C13H16Cl2O4. The first-order valence-corrected chi connectivity index (χ1v) is 6.45. The Morgan fingerprint density at radius 3 is 2.42 bits per heavy atom. The fourth-order valence-corrected chi connectivity index (χ4v) is 1.91. The van der Waals surface area contributed by atoms with Crippen LogP contribution in [0.25, 0.3) is 0 Å². The zero-order chi connectivity index (χ0) is 14.6. The molecule has 0 aliphatic rings. The smallest absolute Gasteiger partial charge is 0.339 e. The van der Waals surface area contributed by atoms with Crippen molar-refractivity contribution in [3.63, 3.8) is 0 Å². The van der Waals surface area contributed by atoms with Crippen LogP contribution in [0.3, 0.4) is 0 Å². The highest BCUT2D eigenvalue weighted by Gasteiger charge is 2.17. The third-order valence-corrected chi connectivity index (χ3v) is 2.60. The zero-order valence-corrected chi connectivity index (χ0v) is 12.5. The quantitative estimate of drug-likeness (QED) is 0.839. The molecule has 1 aromatic rings. The summed E-state index contributed by atoms with van der Waals surface area (Å²) < 4.78 is 10.9. The van der Waals surface area contributed by atoms with E-state index in [4.69, 9.17) is 37.8 Å². The van der Waals surface area contributed by atoms with Gasteiger partial charge in [0.1, 0.15) is 12.2 Å². The molecular weight excluding hydrogens is 291 g/mol.